The summed E-state index contributed by atoms with van der Waals surface area (Å²) >= 11 is 3.45. The van der Waals surface area contributed by atoms with E-state index in [0.29, 0.717) is 13.2 Å². The second-order valence-electron chi connectivity index (χ2n) is 4.92. The number of methoxy groups -OCH3 is 1. The fourth-order valence-corrected chi connectivity index (χ4v) is 3.00. The fraction of sp³-hybridized carbons (Fsp3) is 0.769. The molecule has 0 spiro atoms. The van der Waals surface area contributed by atoms with Crippen molar-refractivity contribution in [2.24, 2.45) is 0 Å². The summed E-state index contributed by atoms with van der Waals surface area (Å²) in [5.74, 6) is 0. The highest BCUT2D eigenvalue weighted by molar-refractivity contribution is 9.11. The summed E-state index contributed by atoms with van der Waals surface area (Å²) in [6.45, 7) is 2.66. The predicted octanol–water partition coefficient (Wildman–Crippen LogP) is 1.87. The van der Waals surface area contributed by atoms with Crippen molar-refractivity contribution in [2.75, 3.05) is 33.4 Å². The van der Waals surface area contributed by atoms with Gasteiger partial charge in [-0.05, 0) is 19.3 Å². The highest BCUT2D eigenvalue weighted by Crippen LogP contribution is 2.18. The molecular formula is C13H21BrN2O3. The number of carbonyl (C=O) groups is 1. The number of ether oxygens (including phenoxy) is 2. The summed E-state index contributed by atoms with van der Waals surface area (Å²) in [6.07, 6.45) is 5.11. The first-order valence-corrected chi connectivity index (χ1v) is 7.50. The molecule has 0 aromatic rings. The number of carbonyl (C=O) groups excluding carboxylic acids is 1. The lowest BCUT2D eigenvalue weighted by molar-refractivity contribution is 0.0448. The van der Waals surface area contributed by atoms with E-state index in [2.05, 4.69) is 27.3 Å². The van der Waals surface area contributed by atoms with Crippen LogP contribution in [0.2, 0.25) is 0 Å². The molecular weight excluding hydrogens is 312 g/mol. The number of hydrogen-bond acceptors (Lipinski definition) is 3. The lowest BCUT2D eigenvalue weighted by Crippen LogP contribution is -2.52. The van der Waals surface area contributed by atoms with Gasteiger partial charge in [-0.25, -0.2) is 4.79 Å². The average molecular weight is 333 g/mol. The molecule has 0 aromatic heterocycles. The molecule has 5 nitrogen and oxygen atoms in total. The third-order valence-electron chi connectivity index (χ3n) is 3.46. The molecule has 6 heteroatoms. The number of rotatable bonds is 4. The van der Waals surface area contributed by atoms with Crippen LogP contribution in [-0.2, 0) is 9.47 Å². The summed E-state index contributed by atoms with van der Waals surface area (Å²) in [5, 5.41) is 3.04. The van der Waals surface area contributed by atoms with Crippen molar-refractivity contribution < 1.29 is 14.3 Å². The standard InChI is InChI=1S/C13H21BrN2O3/c1-18-9-11(12-5-3-7-19-12)15-13(17)16-6-2-4-10(14)8-16/h4,11-12H,2-3,5-9H2,1H3,(H,15,17)/t11-,12-/m0/s1. The third kappa shape index (κ3) is 4.19. The topological polar surface area (TPSA) is 50.8 Å². The molecule has 1 N–H and O–H groups in total. The van der Waals surface area contributed by atoms with Crippen LogP contribution in [0.15, 0.2) is 10.6 Å². The zero-order chi connectivity index (χ0) is 13.7. The van der Waals surface area contributed by atoms with Gasteiger partial charge in [-0.15, -0.1) is 0 Å². The van der Waals surface area contributed by atoms with Gasteiger partial charge in [0.25, 0.3) is 0 Å². The SMILES string of the molecule is COC[C@H](NC(=O)N1CCC=C(Br)C1)[C@@H]1CCCO1. The van der Waals surface area contributed by atoms with E-state index in [1.807, 2.05) is 4.90 Å². The van der Waals surface area contributed by atoms with Gasteiger partial charge < -0.3 is 19.7 Å². The average Bonchev–Trinajstić information content (AvgIpc) is 2.92. The Kier molecular flexibility index (Phi) is 5.66. The molecule has 2 heterocycles. The quantitative estimate of drug-likeness (QED) is 0.855. The minimum atomic E-state index is -0.0651. The maximum atomic E-state index is 12.2. The van der Waals surface area contributed by atoms with Crippen LogP contribution in [0.4, 0.5) is 4.79 Å². The van der Waals surface area contributed by atoms with Crippen LogP contribution in [-0.4, -0.2) is 56.5 Å². The number of nitrogens with zero attached hydrogens (tertiary/aromatic N) is 1. The van der Waals surface area contributed by atoms with Gasteiger partial charge in [0.2, 0.25) is 0 Å². The lowest BCUT2D eigenvalue weighted by atomic mass is 10.1. The Bertz CT molecular complexity index is 343. The molecule has 0 aliphatic carbocycles. The van der Waals surface area contributed by atoms with Crippen LogP contribution in [0.1, 0.15) is 19.3 Å². The Labute approximate surface area is 122 Å². The zero-order valence-corrected chi connectivity index (χ0v) is 12.8. The number of hydrogen-bond donors (Lipinski definition) is 1. The summed E-state index contributed by atoms with van der Waals surface area (Å²) in [5.41, 5.74) is 0. The van der Waals surface area contributed by atoms with Crippen molar-refractivity contribution in [1.29, 1.82) is 0 Å². The van der Waals surface area contributed by atoms with Gasteiger partial charge in [0.05, 0.1) is 25.3 Å². The van der Waals surface area contributed by atoms with E-state index in [0.717, 1.165) is 36.9 Å². The molecule has 108 valence electrons. The zero-order valence-electron chi connectivity index (χ0n) is 11.2. The van der Waals surface area contributed by atoms with Gasteiger partial charge in [-0.1, -0.05) is 22.0 Å². The predicted molar refractivity (Wildman–Crippen MR) is 76.4 cm³/mol. The van der Waals surface area contributed by atoms with Crippen LogP contribution in [0.25, 0.3) is 0 Å². The number of nitrogens with one attached hydrogen (secondary N) is 1. The highest BCUT2D eigenvalue weighted by atomic mass is 79.9. The van der Waals surface area contributed by atoms with Crippen molar-refractivity contribution in [3.63, 3.8) is 0 Å². The fourth-order valence-electron chi connectivity index (χ4n) is 2.47. The van der Waals surface area contributed by atoms with Gasteiger partial charge in [0.15, 0.2) is 0 Å². The van der Waals surface area contributed by atoms with Crippen LogP contribution >= 0.6 is 15.9 Å². The Morgan fingerprint density at radius 1 is 1.74 bits per heavy atom. The first kappa shape index (κ1) is 14.8. The molecule has 2 rings (SSSR count). The molecule has 2 amide bonds. The van der Waals surface area contributed by atoms with Gasteiger partial charge in [-0.2, -0.15) is 0 Å². The Balaban J connectivity index is 1.89. The van der Waals surface area contributed by atoms with E-state index >= 15 is 0 Å². The van der Waals surface area contributed by atoms with E-state index in [9.17, 15) is 4.79 Å². The Morgan fingerprint density at radius 3 is 3.21 bits per heavy atom. The smallest absolute Gasteiger partial charge is 0.318 e. The van der Waals surface area contributed by atoms with Gasteiger partial charge in [-0.3, -0.25) is 0 Å². The van der Waals surface area contributed by atoms with Crippen molar-refractivity contribution in [1.82, 2.24) is 10.2 Å². The first-order chi connectivity index (χ1) is 9.20. The summed E-state index contributed by atoms with van der Waals surface area (Å²) in [7, 11) is 1.65. The molecule has 0 bridgehead atoms. The second-order valence-corrected chi connectivity index (χ2v) is 5.94. The summed E-state index contributed by atoms with van der Waals surface area (Å²) in [6, 6.07) is -0.104. The summed E-state index contributed by atoms with van der Waals surface area (Å²) in [4.78, 5) is 14.0. The molecule has 1 saturated heterocycles. The summed E-state index contributed by atoms with van der Waals surface area (Å²) < 4.78 is 11.9. The highest BCUT2D eigenvalue weighted by Gasteiger charge is 2.29. The third-order valence-corrected chi connectivity index (χ3v) is 4.04. The Morgan fingerprint density at radius 2 is 2.58 bits per heavy atom. The maximum absolute atomic E-state index is 12.2. The molecule has 2 aliphatic rings. The van der Waals surface area contributed by atoms with Crippen LogP contribution in [0.5, 0.6) is 0 Å². The van der Waals surface area contributed by atoms with E-state index in [4.69, 9.17) is 9.47 Å². The van der Waals surface area contributed by atoms with E-state index in [-0.39, 0.29) is 18.2 Å². The van der Waals surface area contributed by atoms with Crippen LogP contribution in [0, 0.1) is 0 Å². The van der Waals surface area contributed by atoms with Gasteiger partial charge >= 0.3 is 6.03 Å². The van der Waals surface area contributed by atoms with Crippen molar-refractivity contribution >= 4 is 22.0 Å². The molecule has 2 aliphatic heterocycles. The molecule has 0 saturated carbocycles. The largest absolute Gasteiger partial charge is 0.382 e. The molecule has 0 aromatic carbocycles. The molecule has 0 radical (unpaired) electrons. The molecule has 0 unspecified atom stereocenters. The van der Waals surface area contributed by atoms with Crippen LogP contribution < -0.4 is 5.32 Å². The Hall–Kier alpha value is -0.590. The van der Waals surface area contributed by atoms with Gasteiger partial charge in [0, 0.05) is 24.7 Å². The lowest BCUT2D eigenvalue weighted by Gasteiger charge is -2.30. The van der Waals surface area contributed by atoms with Crippen molar-refractivity contribution in [3.8, 4) is 0 Å². The maximum Gasteiger partial charge on any atom is 0.318 e. The van der Waals surface area contributed by atoms with E-state index < -0.39 is 0 Å². The molecule has 1 fully saturated rings. The van der Waals surface area contributed by atoms with Crippen molar-refractivity contribution in [3.05, 3.63) is 10.6 Å². The first-order valence-electron chi connectivity index (χ1n) is 6.71. The van der Waals surface area contributed by atoms with Crippen molar-refractivity contribution in [2.45, 2.75) is 31.4 Å². The second kappa shape index (κ2) is 7.26. The monoisotopic (exact) mass is 332 g/mol. The number of urea groups is 1. The van der Waals surface area contributed by atoms with E-state index in [1.165, 1.54) is 0 Å². The number of halogens is 1. The normalized spacial score (nSPS) is 25.1. The van der Waals surface area contributed by atoms with Gasteiger partial charge in [0.1, 0.15) is 0 Å². The van der Waals surface area contributed by atoms with Crippen LogP contribution in [0.3, 0.4) is 0 Å². The minimum Gasteiger partial charge on any atom is -0.382 e. The molecule has 2 atom stereocenters. The molecule has 19 heavy (non-hydrogen) atoms. The van der Waals surface area contributed by atoms with E-state index in [1.54, 1.807) is 7.11 Å². The minimum absolute atomic E-state index is 0.0393. The number of amides is 2.